The van der Waals surface area contributed by atoms with Gasteiger partial charge in [0.15, 0.2) is 0 Å². The Balaban J connectivity index is 0.000000129. The second-order valence-corrected chi connectivity index (χ2v) is 28.5. The Bertz CT molecular complexity index is 2960. The summed E-state index contributed by atoms with van der Waals surface area (Å²) in [5.74, 6) is 0. The maximum atomic E-state index is 2.23. The molecule has 1 nitrogen and oxygen atoms in total. The van der Waals surface area contributed by atoms with E-state index < -0.39 is 31.7 Å². The van der Waals surface area contributed by atoms with Gasteiger partial charge in [0.1, 0.15) is 0 Å². The first-order chi connectivity index (χ1) is 42.1. The molecule has 0 amide bonds. The fourth-order valence-corrected chi connectivity index (χ4v) is 18.7. The number of para-hydroxylation sites is 1. The van der Waals surface area contributed by atoms with Gasteiger partial charge < -0.3 is 4.90 Å². The molecule has 0 saturated heterocycles. The molecule has 13 aromatic carbocycles. The predicted octanol–water partition coefficient (Wildman–Crippen LogP) is 15.5. The zero-order valence-electron chi connectivity index (χ0n) is 48.3. The molecule has 0 aliphatic heterocycles. The minimum absolute atomic E-state index is 0.446. The van der Waals surface area contributed by atoms with Crippen molar-refractivity contribution in [1.82, 2.24) is 0 Å². The second kappa shape index (κ2) is 34.2. The maximum Gasteiger partial charge on any atom is 0.0360 e. The summed E-state index contributed by atoms with van der Waals surface area (Å²) in [7, 11) is 2.29. The summed E-state index contributed by atoms with van der Waals surface area (Å²) in [6, 6.07) is 140. The zero-order valence-corrected chi connectivity index (χ0v) is 51.8. The number of anilines is 1. The van der Waals surface area contributed by atoms with Gasteiger partial charge in [0.25, 0.3) is 0 Å². The summed E-state index contributed by atoms with van der Waals surface area (Å²) in [6.07, 6.45) is 0. The van der Waals surface area contributed by atoms with Crippen molar-refractivity contribution in [2.24, 2.45) is 0 Å². The fourth-order valence-electron chi connectivity index (χ4n) is 9.44. The van der Waals surface area contributed by atoms with Gasteiger partial charge in [0.05, 0.1) is 0 Å². The molecular formula is C80H71NP4. The molecule has 5 heteroatoms. The van der Waals surface area contributed by atoms with Crippen molar-refractivity contribution >= 4 is 101 Å². The van der Waals surface area contributed by atoms with E-state index >= 15 is 0 Å². The summed E-state index contributed by atoms with van der Waals surface area (Å²) in [6.45, 7) is 0. The van der Waals surface area contributed by atoms with Crippen molar-refractivity contribution in [3.05, 3.63) is 394 Å². The number of hydrogen-bond acceptors (Lipinski definition) is 1. The van der Waals surface area contributed by atoms with E-state index in [0.29, 0.717) is 0 Å². The largest absolute Gasteiger partial charge is 0.378 e. The van der Waals surface area contributed by atoms with E-state index in [9.17, 15) is 0 Å². The van der Waals surface area contributed by atoms with Crippen molar-refractivity contribution < 1.29 is 0 Å². The van der Waals surface area contributed by atoms with Gasteiger partial charge in [0, 0.05) is 19.8 Å². The van der Waals surface area contributed by atoms with Crippen LogP contribution in [-0.2, 0) is 0 Å². The Labute approximate surface area is 511 Å². The molecule has 0 atom stereocenters. The molecule has 0 saturated carbocycles. The van der Waals surface area contributed by atoms with Crippen molar-refractivity contribution in [3.8, 4) is 0 Å². The molecule has 0 heterocycles. The van der Waals surface area contributed by atoms with Crippen LogP contribution in [0.15, 0.2) is 394 Å². The van der Waals surface area contributed by atoms with Gasteiger partial charge in [0.2, 0.25) is 0 Å². The van der Waals surface area contributed by atoms with Crippen LogP contribution in [0.3, 0.4) is 0 Å². The van der Waals surface area contributed by atoms with Crippen molar-refractivity contribution in [3.63, 3.8) is 0 Å². The first-order valence-electron chi connectivity index (χ1n) is 28.6. The molecule has 0 fully saturated rings. The predicted molar refractivity (Wildman–Crippen MR) is 381 cm³/mol. The van der Waals surface area contributed by atoms with Crippen LogP contribution < -0.4 is 68.6 Å². The molecule has 85 heavy (non-hydrogen) atoms. The van der Waals surface area contributed by atoms with Crippen molar-refractivity contribution in [2.45, 2.75) is 0 Å². The molecular weight excluding hydrogens is 1100 g/mol. The summed E-state index contributed by atoms with van der Waals surface area (Å²) in [4.78, 5) is 2.08. The molecule has 416 valence electrons. The molecule has 13 aromatic rings. The van der Waals surface area contributed by atoms with Crippen LogP contribution in [0.1, 0.15) is 0 Å². The van der Waals surface area contributed by atoms with Crippen molar-refractivity contribution in [1.29, 1.82) is 0 Å². The SMILES string of the molecule is CN(C)c1ccccc1.c1ccc(P(c2ccccc2)c2ccccc2)cc1.c1ccc(P(c2ccccc2)c2ccccc2)cc1.c1ccc(P(c2ccccc2)c2ccccc2)cc1.c1ccc(P(c2ccccc2)c2ccccc2)cc1. The molecule has 0 spiro atoms. The first-order valence-corrected chi connectivity index (χ1v) is 34.0. The average Bonchev–Trinajstić information content (AvgIpc) is 3.67. The van der Waals surface area contributed by atoms with E-state index in [4.69, 9.17) is 0 Å². The van der Waals surface area contributed by atoms with Crippen LogP contribution in [0, 0.1) is 0 Å². The van der Waals surface area contributed by atoms with Gasteiger partial charge in [-0.15, -0.1) is 0 Å². The van der Waals surface area contributed by atoms with Gasteiger partial charge in [-0.3, -0.25) is 0 Å². The lowest BCUT2D eigenvalue weighted by atomic mass is 10.3. The van der Waals surface area contributed by atoms with Gasteiger partial charge in [-0.05, 0) is 107 Å². The lowest BCUT2D eigenvalue weighted by molar-refractivity contribution is 1.13. The Kier molecular flexibility index (Phi) is 24.5. The standard InChI is InChI=1S/4C18H15P.C8H11N/c4*1-4-10-16(11-5-1)19(17-12-6-2-7-13-17)18-14-8-3-9-15-18;1-9(2)8-6-4-3-5-7-8/h4*1-15H;3-7H,1-2H3. The third kappa shape index (κ3) is 18.7. The third-order valence-corrected chi connectivity index (χ3v) is 23.2. The summed E-state index contributed by atoms with van der Waals surface area (Å²) in [5.41, 5.74) is 1.25. The highest BCUT2D eigenvalue weighted by molar-refractivity contribution is 7.81. The molecule has 0 N–H and O–H groups in total. The number of benzene rings is 13. The van der Waals surface area contributed by atoms with E-state index in [-0.39, 0.29) is 0 Å². The molecule has 0 unspecified atom stereocenters. The van der Waals surface area contributed by atoms with Crippen LogP contribution in [0.2, 0.25) is 0 Å². The number of rotatable bonds is 13. The Morgan fingerprint density at radius 3 is 0.318 bits per heavy atom. The normalized spacial score (nSPS) is 10.4. The van der Waals surface area contributed by atoms with Gasteiger partial charge in [-0.25, -0.2) is 0 Å². The Morgan fingerprint density at radius 2 is 0.235 bits per heavy atom. The van der Waals surface area contributed by atoms with E-state index in [2.05, 4.69) is 381 Å². The average molecular weight is 1170 g/mol. The molecule has 0 aromatic heterocycles. The molecule has 0 aliphatic rings. The highest BCUT2D eigenvalue weighted by Crippen LogP contribution is 2.35. The minimum atomic E-state index is -0.446. The smallest absolute Gasteiger partial charge is 0.0360 e. The zero-order chi connectivity index (χ0) is 58.4. The minimum Gasteiger partial charge on any atom is -0.378 e. The van der Waals surface area contributed by atoms with Gasteiger partial charge in [-0.2, -0.15) is 0 Å². The Hall–Kier alpha value is -8.62. The van der Waals surface area contributed by atoms with Gasteiger partial charge >= 0.3 is 0 Å². The quantitative estimate of drug-likeness (QED) is 0.104. The van der Waals surface area contributed by atoms with Crippen LogP contribution in [0.5, 0.6) is 0 Å². The van der Waals surface area contributed by atoms with E-state index in [0.717, 1.165) is 0 Å². The number of hydrogen-bond donors (Lipinski definition) is 0. The molecule has 13 rings (SSSR count). The number of nitrogens with zero attached hydrogens (tertiary/aromatic N) is 1. The Morgan fingerprint density at radius 1 is 0.141 bits per heavy atom. The van der Waals surface area contributed by atoms with E-state index in [1.807, 2.05) is 32.3 Å². The summed E-state index contributed by atoms with van der Waals surface area (Å²) in [5, 5.41) is 16.8. The van der Waals surface area contributed by atoms with E-state index in [1.165, 1.54) is 69.3 Å². The third-order valence-electron chi connectivity index (χ3n) is 13.4. The van der Waals surface area contributed by atoms with Crippen LogP contribution >= 0.6 is 31.7 Å². The molecule has 0 aliphatic carbocycles. The highest BCUT2D eigenvalue weighted by Gasteiger charge is 2.18. The van der Waals surface area contributed by atoms with Crippen LogP contribution in [0.25, 0.3) is 0 Å². The first kappa shape index (κ1) is 61.0. The maximum absolute atomic E-state index is 2.23. The molecule has 0 radical (unpaired) electrons. The van der Waals surface area contributed by atoms with Gasteiger partial charge in [-0.1, -0.05) is 382 Å². The molecule has 0 bridgehead atoms. The topological polar surface area (TPSA) is 3.24 Å². The van der Waals surface area contributed by atoms with Crippen LogP contribution in [0.4, 0.5) is 5.69 Å². The van der Waals surface area contributed by atoms with Crippen molar-refractivity contribution in [2.75, 3.05) is 19.0 Å². The second-order valence-electron chi connectivity index (χ2n) is 19.6. The highest BCUT2D eigenvalue weighted by atomic mass is 31.1. The monoisotopic (exact) mass is 1170 g/mol. The summed E-state index contributed by atoms with van der Waals surface area (Å²) >= 11 is 0. The van der Waals surface area contributed by atoms with E-state index in [1.54, 1.807) is 0 Å². The van der Waals surface area contributed by atoms with Crippen LogP contribution in [-0.4, -0.2) is 14.1 Å². The lowest BCUT2D eigenvalue weighted by Crippen LogP contribution is -2.20. The summed E-state index contributed by atoms with van der Waals surface area (Å²) < 4.78 is 0. The lowest BCUT2D eigenvalue weighted by Gasteiger charge is -2.18. The fraction of sp³-hybridized carbons (Fsp3) is 0.0250.